The van der Waals surface area contributed by atoms with E-state index in [-0.39, 0.29) is 18.1 Å². The summed E-state index contributed by atoms with van der Waals surface area (Å²) in [5, 5.41) is 2.04. The van der Waals surface area contributed by atoms with E-state index >= 15 is 0 Å². The lowest BCUT2D eigenvalue weighted by Gasteiger charge is -1.94. The molecule has 2 heterocycles. The first kappa shape index (κ1) is 11.4. The average molecular weight is 248 g/mol. The Bertz CT molecular complexity index is 705. The summed E-state index contributed by atoms with van der Waals surface area (Å²) in [5.41, 5.74) is 7.43. The number of hydrogen-bond donors (Lipinski definition) is 2. The molecule has 3 N–H and O–H groups in total. The highest BCUT2D eigenvalue weighted by atomic mass is 35.5. The van der Waals surface area contributed by atoms with Crippen molar-refractivity contribution in [3.05, 3.63) is 42.2 Å². The third kappa shape index (κ3) is 1.72. The molecule has 0 fully saturated rings. The minimum atomic E-state index is -0.507. The van der Waals surface area contributed by atoms with Gasteiger partial charge in [0.05, 0.1) is 11.7 Å². The topological polar surface area (TPSA) is 71.8 Å². The Morgan fingerprint density at radius 2 is 1.94 bits per heavy atom. The fraction of sp³-hybridized carbons (Fsp3) is 0. The van der Waals surface area contributed by atoms with Gasteiger partial charge in [-0.25, -0.2) is 4.98 Å². The summed E-state index contributed by atoms with van der Waals surface area (Å²) in [5.74, 6) is -0.507. The Kier molecular flexibility index (Phi) is 2.73. The number of hydrogen-bond acceptors (Lipinski definition) is 2. The molecule has 0 aliphatic heterocycles. The number of rotatable bonds is 1. The van der Waals surface area contributed by atoms with Crippen molar-refractivity contribution in [2.24, 2.45) is 5.73 Å². The highest BCUT2D eigenvalue weighted by Crippen LogP contribution is 2.24. The van der Waals surface area contributed by atoms with E-state index in [0.29, 0.717) is 0 Å². The Labute approximate surface area is 103 Å². The van der Waals surface area contributed by atoms with E-state index in [2.05, 4.69) is 9.97 Å². The molecule has 4 nitrogen and oxygen atoms in total. The van der Waals surface area contributed by atoms with Gasteiger partial charge in [-0.15, -0.1) is 12.4 Å². The second kappa shape index (κ2) is 4.07. The van der Waals surface area contributed by atoms with Gasteiger partial charge in [0.15, 0.2) is 0 Å². The van der Waals surface area contributed by atoms with Crippen molar-refractivity contribution in [2.75, 3.05) is 0 Å². The summed E-state index contributed by atoms with van der Waals surface area (Å²) >= 11 is 0. The second-order valence-electron chi connectivity index (χ2n) is 3.65. The van der Waals surface area contributed by atoms with Crippen molar-refractivity contribution >= 4 is 40.1 Å². The maximum absolute atomic E-state index is 11.1. The van der Waals surface area contributed by atoms with Crippen molar-refractivity contribution in [3.8, 4) is 0 Å². The first-order valence-electron chi connectivity index (χ1n) is 4.92. The predicted molar refractivity (Wildman–Crippen MR) is 69.4 cm³/mol. The summed E-state index contributed by atoms with van der Waals surface area (Å²) in [6.07, 6.45) is 1.63. The van der Waals surface area contributed by atoms with Gasteiger partial charge in [-0.3, -0.25) is 4.79 Å². The third-order valence-electron chi connectivity index (χ3n) is 2.64. The molecular weight excluding hydrogens is 238 g/mol. The molecule has 0 saturated carbocycles. The number of halogens is 1. The van der Waals surface area contributed by atoms with Gasteiger partial charge in [0.1, 0.15) is 5.69 Å². The third-order valence-corrected chi connectivity index (χ3v) is 2.64. The number of fused-ring (bicyclic) bond motifs is 3. The minimum absolute atomic E-state index is 0. The molecule has 2 aromatic heterocycles. The quantitative estimate of drug-likeness (QED) is 0.692. The first-order chi connectivity index (χ1) is 7.75. The minimum Gasteiger partial charge on any atom is -0.364 e. The SMILES string of the molecule is Cl.NC(=O)c1cc2c(cn1)[nH]c1ccccc12. The van der Waals surface area contributed by atoms with Crippen LogP contribution in [0.15, 0.2) is 36.5 Å². The maximum Gasteiger partial charge on any atom is 0.267 e. The second-order valence-corrected chi connectivity index (χ2v) is 3.65. The molecule has 0 radical (unpaired) electrons. The lowest BCUT2D eigenvalue weighted by molar-refractivity contribution is 0.0996. The Balaban J connectivity index is 0.00000108. The summed E-state index contributed by atoms with van der Waals surface area (Å²) in [4.78, 5) is 18.3. The molecule has 0 bridgehead atoms. The van der Waals surface area contributed by atoms with Gasteiger partial charge in [-0.1, -0.05) is 18.2 Å². The molecule has 0 atom stereocenters. The zero-order chi connectivity index (χ0) is 11.1. The molecule has 5 heteroatoms. The Hall–Kier alpha value is -2.07. The number of amides is 1. The summed E-state index contributed by atoms with van der Waals surface area (Å²) < 4.78 is 0. The number of aromatic nitrogens is 2. The zero-order valence-corrected chi connectivity index (χ0v) is 9.62. The van der Waals surface area contributed by atoms with Gasteiger partial charge in [-0.05, 0) is 12.1 Å². The normalized spacial score (nSPS) is 10.4. The van der Waals surface area contributed by atoms with E-state index in [4.69, 9.17) is 5.73 Å². The summed E-state index contributed by atoms with van der Waals surface area (Å²) in [7, 11) is 0. The van der Waals surface area contributed by atoms with Crippen molar-refractivity contribution < 1.29 is 4.79 Å². The van der Waals surface area contributed by atoms with Gasteiger partial charge < -0.3 is 10.7 Å². The van der Waals surface area contributed by atoms with Crippen LogP contribution < -0.4 is 5.73 Å². The number of nitrogens with two attached hydrogens (primary N) is 1. The molecule has 3 rings (SSSR count). The van der Waals surface area contributed by atoms with Crippen LogP contribution in [0.1, 0.15) is 10.5 Å². The number of nitrogens with one attached hydrogen (secondary N) is 1. The Morgan fingerprint density at radius 1 is 1.18 bits per heavy atom. The highest BCUT2D eigenvalue weighted by Gasteiger charge is 2.07. The molecule has 0 saturated heterocycles. The lowest BCUT2D eigenvalue weighted by Crippen LogP contribution is -2.12. The summed E-state index contributed by atoms with van der Waals surface area (Å²) in [6, 6.07) is 9.62. The molecule has 3 aromatic rings. The van der Waals surface area contributed by atoms with Crippen LogP contribution >= 0.6 is 12.4 Å². The van der Waals surface area contributed by atoms with Gasteiger partial charge in [0.2, 0.25) is 0 Å². The van der Waals surface area contributed by atoms with E-state index in [1.54, 1.807) is 12.3 Å². The molecule has 0 spiro atoms. The smallest absolute Gasteiger partial charge is 0.267 e. The van der Waals surface area contributed by atoms with E-state index in [0.717, 1.165) is 21.8 Å². The number of carbonyl (C=O) groups excluding carboxylic acids is 1. The number of aromatic amines is 1. The fourth-order valence-corrected chi connectivity index (χ4v) is 1.88. The van der Waals surface area contributed by atoms with Crippen LogP contribution in [0, 0.1) is 0 Å². The van der Waals surface area contributed by atoms with E-state index in [1.807, 2.05) is 24.3 Å². The van der Waals surface area contributed by atoms with Gasteiger partial charge in [-0.2, -0.15) is 0 Å². The standard InChI is InChI=1S/C12H9N3O.ClH/c13-12(16)10-5-8-7-3-1-2-4-9(7)15-11(8)6-14-10;/h1-6,15H,(H2,13,16);1H. The molecule has 17 heavy (non-hydrogen) atoms. The van der Waals surface area contributed by atoms with Crippen molar-refractivity contribution in [3.63, 3.8) is 0 Å². The van der Waals surface area contributed by atoms with Crippen LogP contribution in [0.4, 0.5) is 0 Å². The largest absolute Gasteiger partial charge is 0.364 e. The number of pyridine rings is 1. The van der Waals surface area contributed by atoms with Gasteiger partial charge in [0.25, 0.3) is 5.91 Å². The number of benzene rings is 1. The molecule has 86 valence electrons. The number of para-hydroxylation sites is 1. The maximum atomic E-state index is 11.1. The van der Waals surface area contributed by atoms with E-state index in [1.165, 1.54) is 0 Å². The van der Waals surface area contributed by atoms with Crippen LogP contribution in [0.3, 0.4) is 0 Å². The average Bonchev–Trinajstić information content (AvgIpc) is 2.66. The number of carbonyl (C=O) groups is 1. The summed E-state index contributed by atoms with van der Waals surface area (Å²) in [6.45, 7) is 0. The molecule has 0 aliphatic carbocycles. The first-order valence-corrected chi connectivity index (χ1v) is 4.92. The molecule has 0 aliphatic rings. The van der Waals surface area contributed by atoms with Crippen LogP contribution in [-0.4, -0.2) is 15.9 Å². The zero-order valence-electron chi connectivity index (χ0n) is 8.81. The predicted octanol–water partition coefficient (Wildman–Crippen LogP) is 2.24. The molecular formula is C12H10ClN3O. The number of H-pyrrole nitrogens is 1. The lowest BCUT2D eigenvalue weighted by atomic mass is 10.1. The fourth-order valence-electron chi connectivity index (χ4n) is 1.88. The molecule has 1 aromatic carbocycles. The van der Waals surface area contributed by atoms with Crippen LogP contribution in [0.2, 0.25) is 0 Å². The van der Waals surface area contributed by atoms with Crippen molar-refractivity contribution in [1.29, 1.82) is 0 Å². The van der Waals surface area contributed by atoms with Crippen LogP contribution in [0.5, 0.6) is 0 Å². The number of primary amides is 1. The van der Waals surface area contributed by atoms with E-state index in [9.17, 15) is 4.79 Å². The van der Waals surface area contributed by atoms with E-state index < -0.39 is 5.91 Å². The molecule has 1 amide bonds. The van der Waals surface area contributed by atoms with Gasteiger partial charge in [0, 0.05) is 16.3 Å². The highest BCUT2D eigenvalue weighted by molar-refractivity contribution is 6.08. The Morgan fingerprint density at radius 3 is 2.71 bits per heavy atom. The van der Waals surface area contributed by atoms with Crippen LogP contribution in [0.25, 0.3) is 21.8 Å². The van der Waals surface area contributed by atoms with Crippen LogP contribution in [-0.2, 0) is 0 Å². The van der Waals surface area contributed by atoms with Crippen molar-refractivity contribution in [2.45, 2.75) is 0 Å². The van der Waals surface area contributed by atoms with Gasteiger partial charge >= 0.3 is 0 Å². The monoisotopic (exact) mass is 247 g/mol. The molecule has 0 unspecified atom stereocenters. The number of nitrogens with zero attached hydrogens (tertiary/aromatic N) is 1. The van der Waals surface area contributed by atoms with Crippen molar-refractivity contribution in [1.82, 2.24) is 9.97 Å².